The molecule has 166 valence electrons. The molecule has 2 aliphatic heterocycles. The van der Waals surface area contributed by atoms with Gasteiger partial charge in [0.05, 0.1) is 13.2 Å². The van der Waals surface area contributed by atoms with E-state index in [-0.39, 0.29) is 10.9 Å². The normalized spacial score (nSPS) is 18.1. The molecular weight excluding hydrogens is 418 g/mol. The van der Waals surface area contributed by atoms with Gasteiger partial charge in [-0.3, -0.25) is 0 Å². The number of benzene rings is 1. The lowest BCUT2D eigenvalue weighted by Gasteiger charge is -2.35. The molecule has 2 amide bonds. The number of hydrogen-bond acceptors (Lipinski definition) is 6. The van der Waals surface area contributed by atoms with Crippen molar-refractivity contribution >= 4 is 21.9 Å². The van der Waals surface area contributed by atoms with Crippen molar-refractivity contribution in [2.24, 2.45) is 0 Å². The number of anilines is 1. The van der Waals surface area contributed by atoms with Gasteiger partial charge in [-0.05, 0) is 17.7 Å². The number of nitrogens with one attached hydrogen (secondary N) is 1. The van der Waals surface area contributed by atoms with Crippen LogP contribution in [0, 0.1) is 0 Å². The third kappa shape index (κ3) is 5.15. The number of amides is 2. The quantitative estimate of drug-likeness (QED) is 0.742. The average Bonchev–Trinajstić information content (AvgIpc) is 2.84. The molecule has 9 nitrogen and oxygen atoms in total. The second-order valence-electron chi connectivity index (χ2n) is 7.49. The van der Waals surface area contributed by atoms with Gasteiger partial charge in [0.25, 0.3) is 0 Å². The van der Waals surface area contributed by atoms with E-state index in [1.165, 1.54) is 10.5 Å². The molecule has 0 bridgehead atoms. The van der Waals surface area contributed by atoms with Gasteiger partial charge in [0.15, 0.2) is 0 Å². The van der Waals surface area contributed by atoms with Crippen LogP contribution in [0.1, 0.15) is 5.56 Å². The highest BCUT2D eigenvalue weighted by atomic mass is 32.2. The third-order valence-corrected chi connectivity index (χ3v) is 7.39. The van der Waals surface area contributed by atoms with E-state index < -0.39 is 10.0 Å². The summed E-state index contributed by atoms with van der Waals surface area (Å²) in [7, 11) is -3.55. The summed E-state index contributed by atoms with van der Waals surface area (Å²) in [6.45, 7) is 4.48. The van der Waals surface area contributed by atoms with Gasteiger partial charge >= 0.3 is 6.03 Å². The summed E-state index contributed by atoms with van der Waals surface area (Å²) in [5, 5.41) is 2.95. The van der Waals surface area contributed by atoms with Crippen LogP contribution in [0.4, 0.5) is 10.6 Å². The Kier molecular flexibility index (Phi) is 6.69. The largest absolute Gasteiger partial charge is 0.379 e. The summed E-state index contributed by atoms with van der Waals surface area (Å²) in [4.78, 5) is 20.8. The molecule has 3 heterocycles. The van der Waals surface area contributed by atoms with Crippen molar-refractivity contribution in [3.05, 3.63) is 54.2 Å². The fourth-order valence-corrected chi connectivity index (χ4v) is 5.03. The molecule has 0 spiro atoms. The molecule has 1 aromatic carbocycles. The average molecular weight is 446 g/mol. The van der Waals surface area contributed by atoms with E-state index in [1.54, 1.807) is 17.0 Å². The highest BCUT2D eigenvalue weighted by Gasteiger charge is 2.27. The number of morpholine rings is 1. The lowest BCUT2D eigenvalue weighted by Crippen LogP contribution is -2.51. The van der Waals surface area contributed by atoms with Crippen molar-refractivity contribution in [1.82, 2.24) is 19.5 Å². The maximum atomic E-state index is 12.7. The predicted molar refractivity (Wildman–Crippen MR) is 116 cm³/mol. The lowest BCUT2D eigenvalue weighted by atomic mass is 10.2. The number of carbonyl (C=O) groups excluding carboxylic acids is 1. The highest BCUT2D eigenvalue weighted by Crippen LogP contribution is 2.20. The van der Waals surface area contributed by atoms with Crippen molar-refractivity contribution in [3.8, 4) is 0 Å². The van der Waals surface area contributed by atoms with Crippen LogP contribution < -0.4 is 10.2 Å². The van der Waals surface area contributed by atoms with Crippen LogP contribution in [0.5, 0.6) is 0 Å². The smallest absolute Gasteiger partial charge is 0.317 e. The molecule has 2 fully saturated rings. The first-order valence-corrected chi connectivity index (χ1v) is 11.8. The van der Waals surface area contributed by atoms with Gasteiger partial charge in [0.2, 0.25) is 10.0 Å². The van der Waals surface area contributed by atoms with E-state index in [9.17, 15) is 13.2 Å². The molecule has 4 rings (SSSR count). The molecule has 0 radical (unpaired) electrons. The van der Waals surface area contributed by atoms with Crippen molar-refractivity contribution in [2.45, 2.75) is 11.4 Å². The number of carbonyl (C=O) groups is 1. The molecule has 0 atom stereocenters. The van der Waals surface area contributed by atoms with Gasteiger partial charge in [-0.25, -0.2) is 18.2 Å². The first-order chi connectivity index (χ1) is 15.0. The minimum atomic E-state index is -3.55. The number of rotatable bonds is 5. The van der Waals surface area contributed by atoms with Crippen molar-refractivity contribution in [1.29, 1.82) is 0 Å². The maximum absolute atomic E-state index is 12.7. The number of hydrogen-bond donors (Lipinski definition) is 1. The van der Waals surface area contributed by atoms with Crippen LogP contribution in [0.3, 0.4) is 0 Å². The molecule has 2 aliphatic rings. The van der Waals surface area contributed by atoms with Crippen LogP contribution in [0.25, 0.3) is 0 Å². The van der Waals surface area contributed by atoms with Gasteiger partial charge in [0, 0.05) is 52.0 Å². The molecule has 0 aliphatic carbocycles. The third-order valence-electron chi connectivity index (χ3n) is 5.51. The highest BCUT2D eigenvalue weighted by molar-refractivity contribution is 7.89. The van der Waals surface area contributed by atoms with E-state index in [0.29, 0.717) is 64.8 Å². The molecule has 10 heteroatoms. The Bertz CT molecular complexity index is 971. The SMILES string of the molecule is O=C(NCc1ccccc1)N1CCN(c2ccc(S(=O)(=O)N3CCOCC3)cn2)CC1. The van der Waals surface area contributed by atoms with Gasteiger partial charge in [-0.15, -0.1) is 0 Å². The molecule has 31 heavy (non-hydrogen) atoms. The zero-order valence-corrected chi connectivity index (χ0v) is 18.1. The summed E-state index contributed by atoms with van der Waals surface area (Å²) in [5.74, 6) is 0.713. The second-order valence-corrected chi connectivity index (χ2v) is 9.42. The Morgan fingerprint density at radius 2 is 1.68 bits per heavy atom. The molecule has 2 aromatic rings. The van der Waals surface area contributed by atoms with Gasteiger partial charge in [-0.1, -0.05) is 30.3 Å². The number of aromatic nitrogens is 1. The van der Waals surface area contributed by atoms with Crippen molar-refractivity contribution in [2.75, 3.05) is 57.4 Å². The fourth-order valence-electron chi connectivity index (χ4n) is 3.67. The van der Waals surface area contributed by atoms with Crippen molar-refractivity contribution < 1.29 is 17.9 Å². The van der Waals surface area contributed by atoms with E-state index in [4.69, 9.17) is 4.74 Å². The Morgan fingerprint density at radius 1 is 0.968 bits per heavy atom. The lowest BCUT2D eigenvalue weighted by molar-refractivity contribution is 0.0730. The van der Waals surface area contributed by atoms with E-state index in [2.05, 4.69) is 15.2 Å². The standard InChI is InChI=1S/C21H27N5O4S/c27-21(23-16-18-4-2-1-3-5-18)25-10-8-24(9-11-25)20-7-6-19(17-22-20)31(28,29)26-12-14-30-15-13-26/h1-7,17H,8-16H2,(H,23,27). The van der Waals surface area contributed by atoms with Crippen LogP contribution in [-0.2, 0) is 21.3 Å². The summed E-state index contributed by atoms with van der Waals surface area (Å²) in [6, 6.07) is 13.1. The zero-order chi connectivity index (χ0) is 21.7. The molecule has 0 saturated carbocycles. The topological polar surface area (TPSA) is 95.1 Å². The molecule has 2 saturated heterocycles. The Labute approximate surface area is 182 Å². The zero-order valence-electron chi connectivity index (χ0n) is 17.3. The Morgan fingerprint density at radius 3 is 2.32 bits per heavy atom. The first kappa shape index (κ1) is 21.5. The van der Waals surface area contributed by atoms with Crippen LogP contribution >= 0.6 is 0 Å². The van der Waals surface area contributed by atoms with E-state index >= 15 is 0 Å². The van der Waals surface area contributed by atoms with Crippen LogP contribution in [-0.4, -0.2) is 81.1 Å². The summed E-state index contributed by atoms with van der Waals surface area (Å²) in [6.07, 6.45) is 1.42. The molecular formula is C21H27N5O4S. The van der Waals surface area contributed by atoms with Crippen LogP contribution in [0.15, 0.2) is 53.6 Å². The number of pyridine rings is 1. The summed E-state index contributed by atoms with van der Waals surface area (Å²) in [5.41, 5.74) is 1.06. The molecule has 1 aromatic heterocycles. The predicted octanol–water partition coefficient (Wildman–Crippen LogP) is 1.13. The number of ether oxygens (including phenoxy) is 1. The van der Waals surface area contributed by atoms with Gasteiger partial charge in [0.1, 0.15) is 10.7 Å². The van der Waals surface area contributed by atoms with E-state index in [1.807, 2.05) is 30.3 Å². The minimum absolute atomic E-state index is 0.0802. The van der Waals surface area contributed by atoms with Crippen molar-refractivity contribution in [3.63, 3.8) is 0 Å². The molecule has 1 N–H and O–H groups in total. The van der Waals surface area contributed by atoms with Gasteiger partial charge < -0.3 is 19.9 Å². The maximum Gasteiger partial charge on any atom is 0.317 e. The number of nitrogens with zero attached hydrogens (tertiary/aromatic N) is 4. The summed E-state index contributed by atoms with van der Waals surface area (Å²) < 4.78 is 32.1. The number of piperazine rings is 1. The number of sulfonamides is 1. The monoisotopic (exact) mass is 445 g/mol. The van der Waals surface area contributed by atoms with Crippen LogP contribution in [0.2, 0.25) is 0 Å². The van der Waals surface area contributed by atoms with Gasteiger partial charge in [-0.2, -0.15) is 4.31 Å². The minimum Gasteiger partial charge on any atom is -0.379 e. The second kappa shape index (κ2) is 9.63. The van der Waals surface area contributed by atoms with E-state index in [0.717, 1.165) is 5.56 Å². The number of urea groups is 1. The Balaban J connectivity index is 1.30. The molecule has 0 unspecified atom stereocenters. The Hall–Kier alpha value is -2.69. The fraction of sp³-hybridized carbons (Fsp3) is 0.429. The first-order valence-electron chi connectivity index (χ1n) is 10.4. The summed E-state index contributed by atoms with van der Waals surface area (Å²) >= 11 is 0.